The Morgan fingerprint density at radius 2 is 1.70 bits per heavy atom. The van der Waals surface area contributed by atoms with Crippen molar-refractivity contribution < 1.29 is 8.42 Å². The van der Waals surface area contributed by atoms with Gasteiger partial charge in [-0.2, -0.15) is 0 Å². The quantitative estimate of drug-likeness (QED) is 0.703. The summed E-state index contributed by atoms with van der Waals surface area (Å²) in [7, 11) is -3.57. The minimum atomic E-state index is -3.57. The molecule has 0 saturated carbocycles. The van der Waals surface area contributed by atoms with E-state index in [1.807, 2.05) is 12.1 Å². The van der Waals surface area contributed by atoms with E-state index in [1.54, 1.807) is 12.1 Å². The van der Waals surface area contributed by atoms with Crippen molar-refractivity contribution in [2.24, 2.45) is 11.1 Å². The number of hydrogen-bond acceptors (Lipinski definition) is 2. The molecule has 0 aliphatic rings. The van der Waals surface area contributed by atoms with E-state index >= 15 is 0 Å². The highest BCUT2D eigenvalue weighted by atomic mass is 32.2. The topological polar surface area (TPSA) is 60.2 Å². The van der Waals surface area contributed by atoms with Crippen LogP contribution in [-0.4, -0.2) is 8.42 Å². The van der Waals surface area contributed by atoms with Crippen molar-refractivity contribution in [1.82, 2.24) is 0 Å². The van der Waals surface area contributed by atoms with Gasteiger partial charge >= 0.3 is 0 Å². The molecule has 0 fully saturated rings. The van der Waals surface area contributed by atoms with E-state index in [0.29, 0.717) is 5.92 Å². The van der Waals surface area contributed by atoms with E-state index in [-0.39, 0.29) is 4.90 Å². The van der Waals surface area contributed by atoms with Gasteiger partial charge in [0.15, 0.2) is 0 Å². The van der Waals surface area contributed by atoms with Gasteiger partial charge in [0.1, 0.15) is 0 Å². The summed E-state index contributed by atoms with van der Waals surface area (Å²) in [5, 5.41) is 5.10. The third-order valence-electron chi connectivity index (χ3n) is 3.82. The number of hydrogen-bond donors (Lipinski definition) is 1. The molecule has 3 nitrogen and oxygen atoms in total. The Balaban J connectivity index is 2.53. The number of primary sulfonamides is 1. The van der Waals surface area contributed by atoms with Crippen LogP contribution in [0.1, 0.15) is 57.9 Å². The minimum Gasteiger partial charge on any atom is -0.225 e. The Hall–Kier alpha value is -0.870. The van der Waals surface area contributed by atoms with Crippen molar-refractivity contribution in [3.63, 3.8) is 0 Å². The molecule has 4 heteroatoms. The van der Waals surface area contributed by atoms with Gasteiger partial charge in [0, 0.05) is 0 Å². The van der Waals surface area contributed by atoms with E-state index in [0.717, 1.165) is 6.42 Å². The zero-order chi connectivity index (χ0) is 15.0. The van der Waals surface area contributed by atoms with E-state index in [1.165, 1.54) is 44.1 Å². The van der Waals surface area contributed by atoms with Crippen LogP contribution in [0.5, 0.6) is 0 Å². The van der Waals surface area contributed by atoms with Crippen molar-refractivity contribution in [2.75, 3.05) is 0 Å². The first-order valence-electron chi connectivity index (χ1n) is 7.59. The lowest BCUT2D eigenvalue weighted by molar-refractivity contribution is 0.439. The van der Waals surface area contributed by atoms with Gasteiger partial charge in [-0.3, -0.25) is 0 Å². The molecule has 0 saturated heterocycles. The average Bonchev–Trinajstić information content (AvgIpc) is 2.42. The van der Waals surface area contributed by atoms with Crippen molar-refractivity contribution in [2.45, 2.75) is 63.7 Å². The Morgan fingerprint density at radius 1 is 1.05 bits per heavy atom. The van der Waals surface area contributed by atoms with E-state index < -0.39 is 10.0 Å². The lowest BCUT2D eigenvalue weighted by Gasteiger charge is -2.15. The van der Waals surface area contributed by atoms with Crippen LogP contribution < -0.4 is 5.14 Å². The summed E-state index contributed by atoms with van der Waals surface area (Å²) in [4.78, 5) is 0.192. The van der Waals surface area contributed by atoms with Gasteiger partial charge < -0.3 is 0 Å². The SMILES string of the molecule is CCCCCCC(CC)Cc1ccc(S(N)(=O)=O)cc1. The predicted octanol–water partition coefficient (Wildman–Crippen LogP) is 3.87. The van der Waals surface area contributed by atoms with Gasteiger partial charge in [0.25, 0.3) is 0 Å². The monoisotopic (exact) mass is 297 g/mol. The molecule has 0 bridgehead atoms. The molecule has 0 aromatic heterocycles. The highest BCUT2D eigenvalue weighted by Gasteiger charge is 2.10. The van der Waals surface area contributed by atoms with Crippen LogP contribution in [0.3, 0.4) is 0 Å². The van der Waals surface area contributed by atoms with Crippen LogP contribution in [0.15, 0.2) is 29.2 Å². The molecule has 0 heterocycles. The zero-order valence-electron chi connectivity index (χ0n) is 12.6. The molecule has 20 heavy (non-hydrogen) atoms. The molecule has 1 aromatic carbocycles. The number of nitrogens with two attached hydrogens (primary N) is 1. The van der Waals surface area contributed by atoms with Crippen molar-refractivity contribution in [3.8, 4) is 0 Å². The summed E-state index contributed by atoms with van der Waals surface area (Å²) >= 11 is 0. The summed E-state index contributed by atoms with van der Waals surface area (Å²) in [6.07, 6.45) is 8.65. The fourth-order valence-electron chi connectivity index (χ4n) is 2.46. The molecular weight excluding hydrogens is 270 g/mol. The number of rotatable bonds is 9. The maximum absolute atomic E-state index is 11.2. The van der Waals surface area contributed by atoms with Crippen LogP contribution in [0.2, 0.25) is 0 Å². The average molecular weight is 297 g/mol. The fourth-order valence-corrected chi connectivity index (χ4v) is 2.97. The van der Waals surface area contributed by atoms with E-state index in [9.17, 15) is 8.42 Å². The molecule has 0 aliphatic heterocycles. The summed E-state index contributed by atoms with van der Waals surface area (Å²) in [5.74, 6) is 0.687. The largest absolute Gasteiger partial charge is 0.238 e. The van der Waals surface area contributed by atoms with Crippen LogP contribution in [0.4, 0.5) is 0 Å². The predicted molar refractivity (Wildman–Crippen MR) is 84.1 cm³/mol. The van der Waals surface area contributed by atoms with Gasteiger partial charge in [-0.15, -0.1) is 0 Å². The number of unbranched alkanes of at least 4 members (excludes halogenated alkanes) is 3. The van der Waals surface area contributed by atoms with Gasteiger partial charge in [0.05, 0.1) is 4.90 Å². The summed E-state index contributed by atoms with van der Waals surface area (Å²) in [6.45, 7) is 4.45. The molecule has 1 atom stereocenters. The Kier molecular flexibility index (Phi) is 7.24. The normalized spacial score (nSPS) is 13.3. The fraction of sp³-hybridized carbons (Fsp3) is 0.625. The van der Waals surface area contributed by atoms with Crippen LogP contribution in [0, 0.1) is 5.92 Å². The van der Waals surface area contributed by atoms with Gasteiger partial charge in [0.2, 0.25) is 10.0 Å². The first-order chi connectivity index (χ1) is 9.47. The third-order valence-corrected chi connectivity index (χ3v) is 4.75. The molecular formula is C16H27NO2S. The number of benzene rings is 1. The second-order valence-corrected chi connectivity index (χ2v) is 7.08. The summed E-state index contributed by atoms with van der Waals surface area (Å²) < 4.78 is 22.4. The Bertz CT molecular complexity index is 480. The summed E-state index contributed by atoms with van der Waals surface area (Å²) in [5.41, 5.74) is 1.19. The Morgan fingerprint density at radius 3 is 2.20 bits per heavy atom. The van der Waals surface area contributed by atoms with Crippen molar-refractivity contribution in [1.29, 1.82) is 0 Å². The second kappa shape index (κ2) is 8.42. The molecule has 0 spiro atoms. The smallest absolute Gasteiger partial charge is 0.225 e. The minimum absolute atomic E-state index is 0.192. The van der Waals surface area contributed by atoms with Gasteiger partial charge in [-0.05, 0) is 30.0 Å². The molecule has 114 valence electrons. The first-order valence-corrected chi connectivity index (χ1v) is 9.13. The molecule has 1 rings (SSSR count). The second-order valence-electron chi connectivity index (χ2n) is 5.52. The third kappa shape index (κ3) is 6.06. The van der Waals surface area contributed by atoms with Gasteiger partial charge in [-0.25, -0.2) is 13.6 Å². The maximum Gasteiger partial charge on any atom is 0.238 e. The van der Waals surface area contributed by atoms with E-state index in [2.05, 4.69) is 13.8 Å². The molecule has 0 aliphatic carbocycles. The van der Waals surface area contributed by atoms with Gasteiger partial charge in [-0.1, -0.05) is 64.5 Å². The first kappa shape index (κ1) is 17.2. The highest BCUT2D eigenvalue weighted by Crippen LogP contribution is 2.20. The molecule has 0 radical (unpaired) electrons. The van der Waals surface area contributed by atoms with Crippen molar-refractivity contribution in [3.05, 3.63) is 29.8 Å². The van der Waals surface area contributed by atoms with Crippen molar-refractivity contribution >= 4 is 10.0 Å². The lowest BCUT2D eigenvalue weighted by atomic mass is 9.91. The molecule has 1 aromatic rings. The highest BCUT2D eigenvalue weighted by molar-refractivity contribution is 7.89. The van der Waals surface area contributed by atoms with Crippen LogP contribution in [0.25, 0.3) is 0 Å². The zero-order valence-corrected chi connectivity index (χ0v) is 13.5. The molecule has 0 amide bonds. The maximum atomic E-state index is 11.2. The number of sulfonamides is 1. The lowest BCUT2D eigenvalue weighted by Crippen LogP contribution is -2.12. The molecule has 2 N–H and O–H groups in total. The van der Waals surface area contributed by atoms with Crippen LogP contribution in [-0.2, 0) is 16.4 Å². The Labute approximate surface area is 123 Å². The molecule has 1 unspecified atom stereocenters. The standard InChI is InChI=1S/C16H27NO2S/c1-3-5-6-7-8-14(4-2)13-15-9-11-16(12-10-15)20(17,18)19/h9-12,14H,3-8,13H2,1-2H3,(H2,17,18,19). The van der Waals surface area contributed by atoms with Crippen LogP contribution >= 0.6 is 0 Å². The summed E-state index contributed by atoms with van der Waals surface area (Å²) in [6, 6.07) is 6.98. The van der Waals surface area contributed by atoms with E-state index in [4.69, 9.17) is 5.14 Å².